The van der Waals surface area contributed by atoms with Gasteiger partial charge < -0.3 is 15.2 Å². The zero-order chi connectivity index (χ0) is 22.4. The molecule has 11 heteroatoms. The Morgan fingerprint density at radius 1 is 1.34 bits per heavy atom. The fourth-order valence-electron chi connectivity index (χ4n) is 3.01. The minimum absolute atomic E-state index is 0. The number of rotatable bonds is 7. The fourth-order valence-corrected chi connectivity index (χ4v) is 3.01. The van der Waals surface area contributed by atoms with Crippen molar-refractivity contribution in [1.82, 2.24) is 9.97 Å². The van der Waals surface area contributed by atoms with E-state index in [1.165, 1.54) is 24.5 Å². The van der Waals surface area contributed by atoms with E-state index in [9.17, 15) is 18.0 Å². The molecule has 0 aliphatic carbocycles. The van der Waals surface area contributed by atoms with Gasteiger partial charge in [0.25, 0.3) is 6.43 Å². The third-order valence-corrected chi connectivity index (χ3v) is 4.52. The fraction of sp³-hybridized carbons (Fsp3) is 0.333. The van der Waals surface area contributed by atoms with Crippen molar-refractivity contribution in [3.05, 3.63) is 53.2 Å². The summed E-state index contributed by atoms with van der Waals surface area (Å²) in [6.07, 6.45) is -0.753. The maximum atomic E-state index is 14.5. The third kappa shape index (κ3) is 5.55. The molecule has 0 saturated carbocycles. The molecule has 2 aromatic rings. The average molecular weight is 469 g/mol. The van der Waals surface area contributed by atoms with E-state index in [0.717, 1.165) is 6.07 Å². The normalized spacial score (nSPS) is 17.6. The molecule has 1 atom stereocenters. The SMILES string of the molecule is CC#CCOc1cnc(C(=O)Cc2ccc(F)c([C@]3(C(F)F)COCC(N)=N3)c2)cn1.Cl. The number of ketones is 1. The van der Waals surface area contributed by atoms with Crippen molar-refractivity contribution in [2.75, 3.05) is 19.8 Å². The average Bonchev–Trinajstić information content (AvgIpc) is 2.75. The Balaban J connectivity index is 0.00000363. The monoisotopic (exact) mass is 468 g/mol. The van der Waals surface area contributed by atoms with E-state index in [4.69, 9.17) is 15.2 Å². The van der Waals surface area contributed by atoms with Gasteiger partial charge in [-0.2, -0.15) is 0 Å². The van der Waals surface area contributed by atoms with Crippen LogP contribution >= 0.6 is 12.4 Å². The molecule has 0 radical (unpaired) electrons. The zero-order valence-corrected chi connectivity index (χ0v) is 17.8. The smallest absolute Gasteiger partial charge is 0.269 e. The summed E-state index contributed by atoms with van der Waals surface area (Å²) in [6, 6.07) is 3.53. The summed E-state index contributed by atoms with van der Waals surface area (Å²) in [7, 11) is 0. The van der Waals surface area contributed by atoms with Gasteiger partial charge in [0.1, 0.15) is 24.0 Å². The van der Waals surface area contributed by atoms with Crippen LogP contribution in [0.4, 0.5) is 13.2 Å². The van der Waals surface area contributed by atoms with Crippen LogP contribution in [0.25, 0.3) is 0 Å². The predicted molar refractivity (Wildman–Crippen MR) is 113 cm³/mol. The highest BCUT2D eigenvalue weighted by molar-refractivity contribution is 5.95. The van der Waals surface area contributed by atoms with Gasteiger partial charge >= 0.3 is 0 Å². The van der Waals surface area contributed by atoms with Crippen molar-refractivity contribution >= 4 is 24.0 Å². The quantitative estimate of drug-likeness (QED) is 0.495. The Morgan fingerprint density at radius 2 is 2.12 bits per heavy atom. The summed E-state index contributed by atoms with van der Waals surface area (Å²) >= 11 is 0. The van der Waals surface area contributed by atoms with Crippen LogP contribution in [0.3, 0.4) is 0 Å². The highest BCUT2D eigenvalue weighted by Gasteiger charge is 2.46. The van der Waals surface area contributed by atoms with Gasteiger partial charge in [0.2, 0.25) is 5.88 Å². The molecule has 0 saturated heterocycles. The first-order valence-corrected chi connectivity index (χ1v) is 9.22. The number of hydrogen-bond donors (Lipinski definition) is 1. The van der Waals surface area contributed by atoms with Gasteiger partial charge in [0, 0.05) is 12.0 Å². The number of amidine groups is 1. The summed E-state index contributed by atoms with van der Waals surface area (Å²) < 4.78 is 52.6. The molecule has 7 nitrogen and oxygen atoms in total. The number of Topliss-reactive ketones (excluding diaryl/α,β-unsaturated/α-hetero) is 1. The van der Waals surface area contributed by atoms with Crippen molar-refractivity contribution in [2.24, 2.45) is 10.7 Å². The maximum absolute atomic E-state index is 14.5. The summed E-state index contributed by atoms with van der Waals surface area (Å²) in [4.78, 5) is 24.3. The Hall–Kier alpha value is -3.16. The highest BCUT2D eigenvalue weighted by Crippen LogP contribution is 2.37. The van der Waals surface area contributed by atoms with Gasteiger partial charge in [-0.1, -0.05) is 12.0 Å². The number of carbonyl (C=O) groups excluding carboxylic acids is 1. The van der Waals surface area contributed by atoms with Crippen molar-refractivity contribution in [3.8, 4) is 17.7 Å². The van der Waals surface area contributed by atoms with E-state index < -0.39 is 30.2 Å². The lowest BCUT2D eigenvalue weighted by molar-refractivity contribution is -0.0146. The molecule has 0 amide bonds. The molecule has 32 heavy (non-hydrogen) atoms. The second-order valence-electron chi connectivity index (χ2n) is 6.69. The van der Waals surface area contributed by atoms with Crippen molar-refractivity contribution in [2.45, 2.75) is 25.3 Å². The first kappa shape index (κ1) is 25.1. The summed E-state index contributed by atoms with van der Waals surface area (Å²) in [5.74, 6) is 4.09. The second-order valence-corrected chi connectivity index (χ2v) is 6.69. The van der Waals surface area contributed by atoms with Gasteiger partial charge in [0.05, 0.1) is 19.0 Å². The topological polar surface area (TPSA) is 99.7 Å². The Morgan fingerprint density at radius 3 is 2.75 bits per heavy atom. The van der Waals surface area contributed by atoms with Crippen LogP contribution in [-0.4, -0.2) is 47.8 Å². The maximum Gasteiger partial charge on any atom is 0.269 e. The van der Waals surface area contributed by atoms with E-state index in [1.54, 1.807) is 6.92 Å². The van der Waals surface area contributed by atoms with Crippen LogP contribution in [-0.2, 0) is 16.7 Å². The molecule has 1 aromatic heterocycles. The van der Waals surface area contributed by atoms with Crippen LogP contribution in [0.5, 0.6) is 5.88 Å². The zero-order valence-electron chi connectivity index (χ0n) is 17.0. The van der Waals surface area contributed by atoms with Gasteiger partial charge in [0.15, 0.2) is 17.9 Å². The van der Waals surface area contributed by atoms with Gasteiger partial charge in [-0.3, -0.25) is 9.79 Å². The molecular weight excluding hydrogens is 449 g/mol. The summed E-state index contributed by atoms with van der Waals surface area (Å²) in [5.41, 5.74) is 3.26. The largest absolute Gasteiger partial charge is 0.463 e. The molecule has 170 valence electrons. The van der Waals surface area contributed by atoms with E-state index in [0.29, 0.717) is 5.56 Å². The number of aliphatic imine (C=N–C) groups is 1. The molecular formula is C21H20ClF3N4O3. The predicted octanol–water partition coefficient (Wildman–Crippen LogP) is 2.71. The third-order valence-electron chi connectivity index (χ3n) is 4.52. The first-order valence-electron chi connectivity index (χ1n) is 9.22. The molecule has 1 aliphatic rings. The number of hydrogen-bond acceptors (Lipinski definition) is 7. The van der Waals surface area contributed by atoms with Crippen LogP contribution in [0.2, 0.25) is 0 Å². The molecule has 0 unspecified atom stereocenters. The molecule has 2 heterocycles. The van der Waals surface area contributed by atoms with Crippen LogP contribution in [0.1, 0.15) is 28.5 Å². The van der Waals surface area contributed by atoms with E-state index in [-0.39, 0.29) is 55.0 Å². The highest BCUT2D eigenvalue weighted by atomic mass is 35.5. The first-order chi connectivity index (χ1) is 14.9. The van der Waals surface area contributed by atoms with Crippen LogP contribution in [0, 0.1) is 17.7 Å². The number of ether oxygens (including phenoxy) is 2. The van der Waals surface area contributed by atoms with Crippen LogP contribution < -0.4 is 10.5 Å². The molecule has 0 fully saturated rings. The Kier molecular flexibility index (Phi) is 8.57. The van der Waals surface area contributed by atoms with Gasteiger partial charge in [-0.05, 0) is 24.6 Å². The van der Waals surface area contributed by atoms with E-state index in [1.807, 2.05) is 0 Å². The lowest BCUT2D eigenvalue weighted by Crippen LogP contribution is -2.45. The molecule has 0 spiro atoms. The Bertz CT molecular complexity index is 1050. The number of nitrogens with two attached hydrogens (primary N) is 1. The number of benzene rings is 1. The molecule has 2 N–H and O–H groups in total. The standard InChI is InChI=1S/C21H19F3N4O3.ClH/c1-2-3-6-31-19-10-26-16(9-27-19)17(29)8-13-4-5-15(22)14(7-13)21(20(23)24)12-30-11-18(25)28-21;/h4-5,7,9-10,20H,6,8,11-12H2,1H3,(H2,25,28);1H/t21-;/m0./s1. The minimum Gasteiger partial charge on any atom is -0.463 e. The number of alkyl halides is 2. The number of nitrogens with zero attached hydrogens (tertiary/aromatic N) is 3. The minimum atomic E-state index is -3.07. The number of carbonyl (C=O) groups is 1. The van der Waals surface area contributed by atoms with Crippen LogP contribution in [0.15, 0.2) is 35.6 Å². The number of halogens is 4. The summed E-state index contributed by atoms with van der Waals surface area (Å²) in [5, 5.41) is 0. The second kappa shape index (κ2) is 10.9. The summed E-state index contributed by atoms with van der Waals surface area (Å²) in [6.45, 7) is 1.16. The van der Waals surface area contributed by atoms with Crippen molar-refractivity contribution < 1.29 is 27.4 Å². The van der Waals surface area contributed by atoms with E-state index in [2.05, 4.69) is 26.8 Å². The number of aromatic nitrogens is 2. The van der Waals surface area contributed by atoms with Gasteiger partial charge in [-0.25, -0.2) is 23.1 Å². The lowest BCUT2D eigenvalue weighted by atomic mass is 9.88. The van der Waals surface area contributed by atoms with E-state index >= 15 is 0 Å². The molecule has 1 aliphatic heterocycles. The molecule has 3 rings (SSSR count). The Labute approximate surface area is 188 Å². The molecule has 0 bridgehead atoms. The molecule has 1 aromatic carbocycles. The van der Waals surface area contributed by atoms with Crippen molar-refractivity contribution in [3.63, 3.8) is 0 Å². The van der Waals surface area contributed by atoms with Gasteiger partial charge in [-0.15, -0.1) is 18.3 Å². The van der Waals surface area contributed by atoms with Crippen molar-refractivity contribution in [1.29, 1.82) is 0 Å². The lowest BCUT2D eigenvalue weighted by Gasteiger charge is -2.33.